The number of amides is 1. The Kier molecular flexibility index (Phi) is 4.10. The average Bonchev–Trinajstić information content (AvgIpc) is 2.86. The van der Waals surface area contributed by atoms with Crippen LogP contribution in [0.4, 0.5) is 5.69 Å². The summed E-state index contributed by atoms with van der Waals surface area (Å²) in [5.41, 5.74) is 7.07. The molecule has 2 rings (SSSR count). The van der Waals surface area contributed by atoms with Gasteiger partial charge >= 0.3 is 0 Å². The summed E-state index contributed by atoms with van der Waals surface area (Å²) in [6, 6.07) is 7.10. The first kappa shape index (κ1) is 13.9. The number of likely N-dealkylation sites (N-methyl/N-ethyl adjacent to an activating group) is 1. The molecule has 1 aromatic rings. The Balaban J connectivity index is 2.00. The van der Waals surface area contributed by atoms with Crippen molar-refractivity contribution >= 4 is 11.6 Å². The maximum absolute atomic E-state index is 12.1. The molecule has 1 aliphatic carbocycles. The van der Waals surface area contributed by atoms with Gasteiger partial charge in [-0.05, 0) is 45.1 Å². The summed E-state index contributed by atoms with van der Waals surface area (Å²) in [5.74, 6) is -0.0413. The molecule has 0 unspecified atom stereocenters. The third kappa shape index (κ3) is 3.07. The van der Waals surface area contributed by atoms with Crippen LogP contribution in [0.1, 0.15) is 36.0 Å². The lowest BCUT2D eigenvalue weighted by molar-refractivity contribution is 0.0900. The van der Waals surface area contributed by atoms with Gasteiger partial charge in [-0.1, -0.05) is 18.9 Å². The van der Waals surface area contributed by atoms with Crippen LogP contribution in [0.25, 0.3) is 0 Å². The summed E-state index contributed by atoms with van der Waals surface area (Å²) < 4.78 is 0. The number of nitrogens with two attached hydrogens (primary N) is 1. The maximum Gasteiger partial charge on any atom is 0.251 e. The lowest BCUT2D eigenvalue weighted by Gasteiger charge is -2.36. The molecule has 0 bridgehead atoms. The van der Waals surface area contributed by atoms with Crippen LogP contribution in [-0.2, 0) is 0 Å². The van der Waals surface area contributed by atoms with Crippen molar-refractivity contribution in [1.82, 2.24) is 10.2 Å². The molecule has 0 heterocycles. The van der Waals surface area contributed by atoms with Crippen molar-refractivity contribution < 1.29 is 4.79 Å². The summed E-state index contributed by atoms with van der Waals surface area (Å²) in [7, 11) is 4.19. The third-order valence-corrected chi connectivity index (χ3v) is 4.21. The molecule has 4 nitrogen and oxygen atoms in total. The number of hydrogen-bond acceptors (Lipinski definition) is 3. The van der Waals surface area contributed by atoms with Crippen molar-refractivity contribution in [2.75, 3.05) is 26.4 Å². The number of rotatable bonds is 4. The number of carbonyl (C=O) groups is 1. The van der Waals surface area contributed by atoms with E-state index in [0.717, 1.165) is 12.8 Å². The summed E-state index contributed by atoms with van der Waals surface area (Å²) in [4.78, 5) is 14.4. The van der Waals surface area contributed by atoms with Crippen LogP contribution in [0.15, 0.2) is 24.3 Å². The molecule has 0 saturated heterocycles. The van der Waals surface area contributed by atoms with Crippen molar-refractivity contribution in [2.45, 2.75) is 31.2 Å². The SMILES string of the molecule is CN(C)C1(CNC(=O)c2cccc(N)c2)CCCC1. The summed E-state index contributed by atoms with van der Waals surface area (Å²) in [6.45, 7) is 0.702. The van der Waals surface area contributed by atoms with E-state index in [1.807, 2.05) is 6.07 Å². The number of hydrogen-bond donors (Lipinski definition) is 2. The molecule has 0 radical (unpaired) electrons. The molecule has 104 valence electrons. The number of anilines is 1. The molecular weight excluding hydrogens is 238 g/mol. The monoisotopic (exact) mass is 261 g/mol. The summed E-state index contributed by atoms with van der Waals surface area (Å²) in [5, 5.41) is 3.05. The Morgan fingerprint density at radius 2 is 2.05 bits per heavy atom. The lowest BCUT2D eigenvalue weighted by atomic mass is 9.96. The molecule has 1 saturated carbocycles. The van der Waals surface area contributed by atoms with E-state index in [0.29, 0.717) is 17.8 Å². The van der Waals surface area contributed by atoms with Crippen LogP contribution in [0, 0.1) is 0 Å². The lowest BCUT2D eigenvalue weighted by Crippen LogP contribution is -2.50. The molecule has 0 aromatic heterocycles. The average molecular weight is 261 g/mol. The van der Waals surface area contributed by atoms with E-state index in [4.69, 9.17) is 5.73 Å². The highest BCUT2D eigenvalue weighted by atomic mass is 16.1. The van der Waals surface area contributed by atoms with E-state index in [-0.39, 0.29) is 11.4 Å². The van der Waals surface area contributed by atoms with E-state index in [2.05, 4.69) is 24.3 Å². The van der Waals surface area contributed by atoms with Crippen LogP contribution in [0.5, 0.6) is 0 Å². The number of nitrogens with zero attached hydrogens (tertiary/aromatic N) is 1. The first-order chi connectivity index (χ1) is 9.03. The van der Waals surface area contributed by atoms with Gasteiger partial charge in [0.05, 0.1) is 0 Å². The fourth-order valence-electron chi connectivity index (χ4n) is 2.84. The Labute approximate surface area is 115 Å². The van der Waals surface area contributed by atoms with Gasteiger partial charge < -0.3 is 16.0 Å². The highest BCUT2D eigenvalue weighted by molar-refractivity contribution is 5.95. The van der Waals surface area contributed by atoms with E-state index in [1.165, 1.54) is 12.8 Å². The highest BCUT2D eigenvalue weighted by Crippen LogP contribution is 2.33. The van der Waals surface area contributed by atoms with Crippen LogP contribution < -0.4 is 11.1 Å². The Bertz CT molecular complexity index is 450. The van der Waals surface area contributed by atoms with Gasteiger partial charge in [0.2, 0.25) is 0 Å². The van der Waals surface area contributed by atoms with Crippen LogP contribution in [-0.4, -0.2) is 37.0 Å². The van der Waals surface area contributed by atoms with Crippen molar-refractivity contribution in [3.8, 4) is 0 Å². The normalized spacial score (nSPS) is 17.6. The van der Waals surface area contributed by atoms with E-state index >= 15 is 0 Å². The fourth-order valence-corrected chi connectivity index (χ4v) is 2.84. The number of nitrogen functional groups attached to an aromatic ring is 1. The number of nitrogens with one attached hydrogen (secondary N) is 1. The van der Waals surface area contributed by atoms with Crippen molar-refractivity contribution in [3.63, 3.8) is 0 Å². The Hall–Kier alpha value is -1.55. The number of benzene rings is 1. The van der Waals surface area contributed by atoms with E-state index < -0.39 is 0 Å². The first-order valence-electron chi connectivity index (χ1n) is 6.85. The first-order valence-corrected chi connectivity index (χ1v) is 6.85. The zero-order chi connectivity index (χ0) is 13.9. The topological polar surface area (TPSA) is 58.4 Å². The second kappa shape index (κ2) is 5.61. The molecule has 1 fully saturated rings. The Morgan fingerprint density at radius 1 is 1.37 bits per heavy atom. The largest absolute Gasteiger partial charge is 0.399 e. The Morgan fingerprint density at radius 3 is 2.63 bits per heavy atom. The van der Waals surface area contributed by atoms with Crippen LogP contribution >= 0.6 is 0 Å². The van der Waals surface area contributed by atoms with Gasteiger partial charge in [-0.3, -0.25) is 4.79 Å². The third-order valence-electron chi connectivity index (χ3n) is 4.21. The fraction of sp³-hybridized carbons (Fsp3) is 0.533. The molecule has 3 N–H and O–H groups in total. The second-order valence-electron chi connectivity index (χ2n) is 5.63. The van der Waals surface area contributed by atoms with Gasteiger partial charge in [-0.2, -0.15) is 0 Å². The molecule has 19 heavy (non-hydrogen) atoms. The highest BCUT2D eigenvalue weighted by Gasteiger charge is 2.36. The predicted molar refractivity (Wildman–Crippen MR) is 78.1 cm³/mol. The predicted octanol–water partition coefficient (Wildman–Crippen LogP) is 1.87. The van der Waals surface area contributed by atoms with Crippen molar-refractivity contribution in [1.29, 1.82) is 0 Å². The van der Waals surface area contributed by atoms with E-state index in [9.17, 15) is 4.79 Å². The standard InChI is InChI=1S/C15H23N3O/c1-18(2)15(8-3-4-9-15)11-17-14(19)12-6-5-7-13(16)10-12/h5-7,10H,3-4,8-9,11,16H2,1-2H3,(H,17,19). The van der Waals surface area contributed by atoms with E-state index in [1.54, 1.807) is 18.2 Å². The maximum atomic E-state index is 12.1. The molecular formula is C15H23N3O. The number of carbonyl (C=O) groups excluding carboxylic acids is 1. The molecule has 0 aliphatic heterocycles. The van der Waals surface area contributed by atoms with Gasteiger partial charge in [-0.25, -0.2) is 0 Å². The molecule has 1 aromatic carbocycles. The van der Waals surface area contributed by atoms with Crippen LogP contribution in [0.3, 0.4) is 0 Å². The zero-order valence-electron chi connectivity index (χ0n) is 11.8. The van der Waals surface area contributed by atoms with Gasteiger partial charge in [0.25, 0.3) is 5.91 Å². The minimum Gasteiger partial charge on any atom is -0.399 e. The minimum absolute atomic E-state index is 0.0413. The summed E-state index contributed by atoms with van der Waals surface area (Å²) in [6.07, 6.45) is 4.78. The van der Waals surface area contributed by atoms with Crippen molar-refractivity contribution in [3.05, 3.63) is 29.8 Å². The minimum atomic E-state index is -0.0413. The van der Waals surface area contributed by atoms with Gasteiger partial charge in [0.15, 0.2) is 0 Å². The quantitative estimate of drug-likeness (QED) is 0.814. The molecule has 1 amide bonds. The van der Waals surface area contributed by atoms with Gasteiger partial charge in [-0.15, -0.1) is 0 Å². The van der Waals surface area contributed by atoms with Crippen LogP contribution in [0.2, 0.25) is 0 Å². The smallest absolute Gasteiger partial charge is 0.251 e. The molecule has 0 atom stereocenters. The van der Waals surface area contributed by atoms with Crippen molar-refractivity contribution in [2.24, 2.45) is 0 Å². The second-order valence-corrected chi connectivity index (χ2v) is 5.63. The zero-order valence-corrected chi connectivity index (χ0v) is 11.8. The summed E-state index contributed by atoms with van der Waals surface area (Å²) >= 11 is 0. The van der Waals surface area contributed by atoms with Gasteiger partial charge in [0.1, 0.15) is 0 Å². The molecule has 4 heteroatoms. The molecule has 1 aliphatic rings. The van der Waals surface area contributed by atoms with Gasteiger partial charge in [0, 0.05) is 23.3 Å². The molecule has 0 spiro atoms.